The molecule has 0 spiro atoms. The monoisotopic (exact) mass is 453 g/mol. The van der Waals surface area contributed by atoms with Crippen LogP contribution in [0.2, 0.25) is 5.02 Å². The Morgan fingerprint density at radius 2 is 1.55 bits per heavy atom. The number of nitrogens with zero attached hydrogens (tertiary/aromatic N) is 2. The van der Waals surface area contributed by atoms with E-state index in [-0.39, 0.29) is 28.0 Å². The van der Waals surface area contributed by atoms with Gasteiger partial charge in [-0.15, -0.1) is 0 Å². The fourth-order valence-corrected chi connectivity index (χ4v) is 2.35. The van der Waals surface area contributed by atoms with Crippen LogP contribution in [-0.4, -0.2) is 28.4 Å². The lowest BCUT2D eigenvalue weighted by Gasteiger charge is -2.28. The Bertz CT molecular complexity index is 958. The number of nitrogens with two attached hydrogens (primary N) is 1. The van der Waals surface area contributed by atoms with Gasteiger partial charge < -0.3 is 19.9 Å². The molecule has 2 amide bonds. The van der Waals surface area contributed by atoms with Gasteiger partial charge in [0.05, 0.1) is 6.20 Å². The SMILES string of the molecule is CC(C)(C)OC(=O)N(C(=O)OC(C)(C)C)c1cc(Oc2ccc(N)cc2F)c(Cl)cn1. The Kier molecular flexibility index (Phi) is 7.00. The van der Waals surface area contributed by atoms with Crippen LogP contribution in [0.3, 0.4) is 0 Å². The van der Waals surface area contributed by atoms with Crippen molar-refractivity contribution in [3.63, 3.8) is 0 Å². The third kappa shape index (κ3) is 6.99. The Morgan fingerprint density at radius 1 is 1.00 bits per heavy atom. The van der Waals surface area contributed by atoms with E-state index < -0.39 is 29.2 Å². The molecule has 1 heterocycles. The zero-order valence-corrected chi connectivity index (χ0v) is 18.9. The van der Waals surface area contributed by atoms with E-state index in [1.807, 2.05) is 0 Å². The molecule has 0 bridgehead atoms. The van der Waals surface area contributed by atoms with Gasteiger partial charge in [-0.1, -0.05) is 11.6 Å². The number of aromatic nitrogens is 1. The lowest BCUT2D eigenvalue weighted by molar-refractivity contribution is 0.0429. The van der Waals surface area contributed by atoms with Crippen LogP contribution in [0.5, 0.6) is 11.5 Å². The molecule has 2 aromatic rings. The first-order valence-electron chi connectivity index (χ1n) is 9.31. The van der Waals surface area contributed by atoms with E-state index in [4.69, 9.17) is 31.5 Å². The van der Waals surface area contributed by atoms with Gasteiger partial charge in [-0.2, -0.15) is 4.90 Å². The van der Waals surface area contributed by atoms with E-state index in [2.05, 4.69) is 4.98 Å². The number of benzene rings is 1. The van der Waals surface area contributed by atoms with Crippen molar-refractivity contribution < 1.29 is 28.2 Å². The summed E-state index contributed by atoms with van der Waals surface area (Å²) in [5, 5.41) is 0.0216. The highest BCUT2D eigenvalue weighted by Gasteiger charge is 2.34. The van der Waals surface area contributed by atoms with Crippen molar-refractivity contribution in [3.8, 4) is 11.5 Å². The van der Waals surface area contributed by atoms with Crippen molar-refractivity contribution in [1.29, 1.82) is 0 Å². The van der Waals surface area contributed by atoms with Gasteiger partial charge in [0.1, 0.15) is 16.2 Å². The summed E-state index contributed by atoms with van der Waals surface area (Å²) in [4.78, 5) is 30.1. The molecule has 10 heteroatoms. The number of anilines is 2. The Hall–Kier alpha value is -3.07. The standard InChI is InChI=1S/C21H25ClFN3O5/c1-20(2,3)30-18(27)26(19(28)31-21(4,5)6)17-10-16(13(22)11-25-17)29-15-8-7-12(24)9-14(15)23/h7-11H,24H2,1-6H3. The van der Waals surface area contributed by atoms with Crippen LogP contribution < -0.4 is 15.4 Å². The summed E-state index contributed by atoms with van der Waals surface area (Å²) in [7, 11) is 0. The van der Waals surface area contributed by atoms with Gasteiger partial charge in [-0.05, 0) is 53.7 Å². The van der Waals surface area contributed by atoms with Gasteiger partial charge >= 0.3 is 12.2 Å². The number of rotatable bonds is 3. The van der Waals surface area contributed by atoms with E-state index >= 15 is 0 Å². The quantitative estimate of drug-likeness (QED) is 0.574. The van der Waals surface area contributed by atoms with Crippen molar-refractivity contribution >= 4 is 35.3 Å². The van der Waals surface area contributed by atoms with Gasteiger partial charge in [0.25, 0.3) is 0 Å². The van der Waals surface area contributed by atoms with Gasteiger partial charge in [-0.3, -0.25) is 0 Å². The molecule has 0 unspecified atom stereocenters. The van der Waals surface area contributed by atoms with Crippen molar-refractivity contribution in [2.24, 2.45) is 0 Å². The van der Waals surface area contributed by atoms with Gasteiger partial charge in [0, 0.05) is 17.8 Å². The number of hydrogen-bond acceptors (Lipinski definition) is 7. The first-order chi connectivity index (χ1) is 14.2. The predicted octanol–water partition coefficient (Wildman–Crippen LogP) is 5.93. The number of amides is 2. The molecule has 168 valence electrons. The van der Waals surface area contributed by atoms with Crippen LogP contribution in [-0.2, 0) is 9.47 Å². The molecule has 0 saturated heterocycles. The van der Waals surface area contributed by atoms with Crippen molar-refractivity contribution in [3.05, 3.63) is 41.3 Å². The summed E-state index contributed by atoms with van der Waals surface area (Å²) in [5.41, 5.74) is 3.97. The topological polar surface area (TPSA) is 104 Å². The molecule has 1 aromatic heterocycles. The van der Waals surface area contributed by atoms with Crippen LogP contribution in [0.25, 0.3) is 0 Å². The number of halogens is 2. The molecule has 2 rings (SSSR count). The third-order valence-electron chi connectivity index (χ3n) is 3.36. The second-order valence-electron chi connectivity index (χ2n) is 8.56. The van der Waals surface area contributed by atoms with Crippen molar-refractivity contribution in [2.45, 2.75) is 52.7 Å². The third-order valence-corrected chi connectivity index (χ3v) is 3.65. The Morgan fingerprint density at radius 3 is 2.03 bits per heavy atom. The molecule has 31 heavy (non-hydrogen) atoms. The maximum Gasteiger partial charge on any atom is 0.425 e. The fraction of sp³-hybridized carbons (Fsp3) is 0.381. The maximum atomic E-state index is 14.1. The summed E-state index contributed by atoms with van der Waals surface area (Å²) in [6, 6.07) is 5.05. The van der Waals surface area contributed by atoms with Crippen LogP contribution in [0, 0.1) is 5.82 Å². The predicted molar refractivity (Wildman–Crippen MR) is 115 cm³/mol. The molecule has 0 aliphatic rings. The van der Waals surface area contributed by atoms with Gasteiger partial charge in [0.15, 0.2) is 23.1 Å². The minimum absolute atomic E-state index is 0.0216. The zero-order valence-electron chi connectivity index (χ0n) is 18.2. The van der Waals surface area contributed by atoms with Crippen LogP contribution >= 0.6 is 11.6 Å². The molecule has 0 aliphatic carbocycles. The first kappa shape index (κ1) is 24.2. The Balaban J connectivity index is 2.46. The molecule has 1 aromatic carbocycles. The number of carbonyl (C=O) groups excluding carboxylic acids is 2. The van der Waals surface area contributed by atoms with E-state index in [0.717, 1.165) is 12.3 Å². The van der Waals surface area contributed by atoms with Crippen molar-refractivity contribution in [1.82, 2.24) is 4.98 Å². The average Bonchev–Trinajstić information content (AvgIpc) is 2.57. The zero-order chi connectivity index (χ0) is 23.6. The molecule has 0 fully saturated rings. The summed E-state index contributed by atoms with van der Waals surface area (Å²) in [6.07, 6.45) is -0.870. The molecular formula is C21H25ClFN3O5. The lowest BCUT2D eigenvalue weighted by Crippen LogP contribution is -2.44. The molecular weight excluding hydrogens is 429 g/mol. The molecule has 0 saturated carbocycles. The molecule has 0 atom stereocenters. The number of imide groups is 1. The van der Waals surface area contributed by atoms with Gasteiger partial charge in [-0.25, -0.2) is 19.0 Å². The smallest absolute Gasteiger partial charge is 0.425 e. The van der Waals surface area contributed by atoms with Crippen LogP contribution in [0.15, 0.2) is 30.5 Å². The second-order valence-corrected chi connectivity index (χ2v) is 8.97. The number of ether oxygens (including phenoxy) is 3. The highest BCUT2D eigenvalue weighted by atomic mass is 35.5. The largest absolute Gasteiger partial charge is 0.453 e. The summed E-state index contributed by atoms with van der Waals surface area (Å²) >= 11 is 6.12. The minimum Gasteiger partial charge on any atom is -0.453 e. The number of pyridine rings is 1. The average molecular weight is 454 g/mol. The summed E-state index contributed by atoms with van der Waals surface area (Å²) < 4.78 is 30.3. The van der Waals surface area contributed by atoms with Crippen molar-refractivity contribution in [2.75, 3.05) is 10.6 Å². The van der Waals surface area contributed by atoms with E-state index in [1.54, 1.807) is 41.5 Å². The fourth-order valence-electron chi connectivity index (χ4n) is 2.21. The number of carbonyl (C=O) groups is 2. The molecule has 2 N–H and O–H groups in total. The first-order valence-corrected chi connectivity index (χ1v) is 9.68. The summed E-state index contributed by atoms with van der Waals surface area (Å²) in [6.45, 7) is 9.87. The highest BCUT2D eigenvalue weighted by molar-refractivity contribution is 6.32. The molecule has 0 radical (unpaired) electrons. The minimum atomic E-state index is -1.01. The Labute approximate surface area is 185 Å². The molecule has 8 nitrogen and oxygen atoms in total. The number of hydrogen-bond donors (Lipinski definition) is 1. The van der Waals surface area contributed by atoms with Gasteiger partial charge in [0.2, 0.25) is 0 Å². The maximum absolute atomic E-state index is 14.1. The van der Waals surface area contributed by atoms with Crippen LogP contribution in [0.1, 0.15) is 41.5 Å². The van der Waals surface area contributed by atoms with E-state index in [1.165, 1.54) is 18.2 Å². The number of nitrogen functional groups attached to an aromatic ring is 1. The molecule has 0 aliphatic heterocycles. The summed E-state index contributed by atoms with van der Waals surface area (Å²) in [5.74, 6) is -1.11. The van der Waals surface area contributed by atoms with E-state index in [0.29, 0.717) is 4.90 Å². The van der Waals surface area contributed by atoms with E-state index in [9.17, 15) is 14.0 Å². The highest BCUT2D eigenvalue weighted by Crippen LogP contribution is 2.34. The second kappa shape index (κ2) is 8.97. The lowest BCUT2D eigenvalue weighted by atomic mass is 10.2. The normalized spacial score (nSPS) is 11.6. The van der Waals surface area contributed by atoms with Crippen LogP contribution in [0.4, 0.5) is 25.5 Å².